The number of halogens is 3. The Balaban J connectivity index is 1.30. The van der Waals surface area contributed by atoms with Gasteiger partial charge in [-0.3, -0.25) is 4.79 Å². The van der Waals surface area contributed by atoms with E-state index in [-0.39, 0.29) is 25.3 Å². The fraction of sp³-hybridized carbons (Fsp3) is 0.231. The van der Waals surface area contributed by atoms with Crippen LogP contribution >= 0.6 is 0 Å². The molecule has 0 N–H and O–H groups in total. The van der Waals surface area contributed by atoms with Gasteiger partial charge in [-0.25, -0.2) is 9.97 Å². The van der Waals surface area contributed by atoms with Gasteiger partial charge in [0.05, 0.1) is 16.7 Å². The Hall–Kier alpha value is -4.57. The van der Waals surface area contributed by atoms with E-state index in [1.807, 2.05) is 23.1 Å². The largest absolute Gasteiger partial charge is 0.464 e. The van der Waals surface area contributed by atoms with Crippen molar-refractivity contribution >= 4 is 11.7 Å². The molecule has 0 unspecified atom stereocenters. The molecule has 10 heteroatoms. The van der Waals surface area contributed by atoms with Crippen LogP contribution in [-0.2, 0) is 6.18 Å². The second kappa shape index (κ2) is 10.8. The molecule has 3 aromatic rings. The number of ether oxygens (including phenoxy) is 1. The van der Waals surface area contributed by atoms with Crippen LogP contribution in [0.4, 0.5) is 19.0 Å². The molecule has 1 amide bonds. The lowest BCUT2D eigenvalue weighted by Crippen LogP contribution is -2.49. The molecule has 0 saturated carbocycles. The van der Waals surface area contributed by atoms with Crippen LogP contribution in [0.5, 0.6) is 5.88 Å². The Morgan fingerprint density at radius 1 is 0.972 bits per heavy atom. The number of carbonyl (C=O) groups is 1. The number of nitrogens with zero attached hydrogens (tertiary/aromatic N) is 5. The lowest BCUT2D eigenvalue weighted by molar-refractivity contribution is -0.138. The molecule has 0 spiro atoms. The van der Waals surface area contributed by atoms with Gasteiger partial charge in [-0.05, 0) is 30.3 Å². The van der Waals surface area contributed by atoms with Crippen molar-refractivity contribution in [1.82, 2.24) is 14.9 Å². The van der Waals surface area contributed by atoms with Gasteiger partial charge in [0, 0.05) is 50.2 Å². The molecule has 36 heavy (non-hydrogen) atoms. The molecule has 2 aromatic heterocycles. The Labute approximate surface area is 205 Å². The van der Waals surface area contributed by atoms with Crippen molar-refractivity contribution in [3.63, 3.8) is 0 Å². The van der Waals surface area contributed by atoms with E-state index >= 15 is 0 Å². The van der Waals surface area contributed by atoms with Gasteiger partial charge in [-0.15, -0.1) is 0 Å². The first-order valence-corrected chi connectivity index (χ1v) is 11.0. The minimum Gasteiger partial charge on any atom is -0.464 e. The highest BCUT2D eigenvalue weighted by Gasteiger charge is 2.36. The van der Waals surface area contributed by atoms with Crippen molar-refractivity contribution in [2.24, 2.45) is 0 Å². The van der Waals surface area contributed by atoms with Gasteiger partial charge < -0.3 is 14.5 Å². The fourth-order valence-corrected chi connectivity index (χ4v) is 3.65. The Morgan fingerprint density at radius 2 is 1.69 bits per heavy atom. The van der Waals surface area contributed by atoms with Crippen LogP contribution in [0.1, 0.15) is 27.0 Å². The predicted octanol–water partition coefficient (Wildman–Crippen LogP) is 3.76. The van der Waals surface area contributed by atoms with Gasteiger partial charge in [0.25, 0.3) is 5.91 Å². The summed E-state index contributed by atoms with van der Waals surface area (Å²) in [6.45, 7) is 1.59. The first-order valence-electron chi connectivity index (χ1n) is 11.0. The van der Waals surface area contributed by atoms with E-state index in [4.69, 9.17) is 10.00 Å². The van der Waals surface area contributed by atoms with Crippen molar-refractivity contribution in [1.29, 1.82) is 5.26 Å². The van der Waals surface area contributed by atoms with Crippen molar-refractivity contribution < 1.29 is 22.7 Å². The molecule has 1 aliphatic heterocycles. The van der Waals surface area contributed by atoms with E-state index in [0.29, 0.717) is 35.9 Å². The molecular weight excluding hydrogens is 471 g/mol. The van der Waals surface area contributed by atoms with E-state index in [0.717, 1.165) is 6.07 Å². The monoisotopic (exact) mass is 491 g/mol. The Bertz CT molecular complexity index is 1320. The molecule has 1 fully saturated rings. The molecule has 1 aliphatic rings. The maximum atomic E-state index is 13.3. The summed E-state index contributed by atoms with van der Waals surface area (Å²) in [5.41, 5.74) is -0.125. The van der Waals surface area contributed by atoms with E-state index in [1.165, 1.54) is 29.3 Å². The standard InChI is InChI=1S/C26H20F3N5O2/c27-26(28,29)22-6-2-1-5-21(22)25(35)34-13-11-33(12-14-34)23-9-7-19(17-31-23)4-3-15-36-24-10-8-20(16-30)18-32-24/h1-2,5-10,17-18H,11-15H2. The fourth-order valence-electron chi connectivity index (χ4n) is 3.65. The van der Waals surface area contributed by atoms with Crippen LogP contribution in [0.25, 0.3) is 0 Å². The summed E-state index contributed by atoms with van der Waals surface area (Å²) < 4.78 is 45.2. The zero-order valence-electron chi connectivity index (χ0n) is 19.0. The smallest absolute Gasteiger partial charge is 0.417 e. The number of hydrogen-bond acceptors (Lipinski definition) is 6. The highest BCUT2D eigenvalue weighted by molar-refractivity contribution is 5.96. The summed E-state index contributed by atoms with van der Waals surface area (Å²) in [4.78, 5) is 24.6. The summed E-state index contributed by atoms with van der Waals surface area (Å²) in [6.07, 6.45) is -1.54. The van der Waals surface area contributed by atoms with E-state index in [9.17, 15) is 18.0 Å². The van der Waals surface area contributed by atoms with Crippen LogP contribution in [0.3, 0.4) is 0 Å². The van der Waals surface area contributed by atoms with E-state index in [2.05, 4.69) is 21.8 Å². The van der Waals surface area contributed by atoms with Crippen molar-refractivity contribution in [2.75, 3.05) is 37.7 Å². The van der Waals surface area contributed by atoms with E-state index < -0.39 is 17.6 Å². The minimum absolute atomic E-state index is 0.119. The van der Waals surface area contributed by atoms with Crippen LogP contribution in [0.15, 0.2) is 60.9 Å². The number of rotatable bonds is 4. The molecule has 1 aromatic carbocycles. The van der Waals surface area contributed by atoms with Gasteiger partial charge in [-0.1, -0.05) is 24.0 Å². The Kier molecular flexibility index (Phi) is 7.36. The second-order valence-corrected chi connectivity index (χ2v) is 7.82. The van der Waals surface area contributed by atoms with Crippen LogP contribution < -0.4 is 9.64 Å². The van der Waals surface area contributed by atoms with Crippen molar-refractivity contribution in [3.8, 4) is 23.8 Å². The summed E-state index contributed by atoms with van der Waals surface area (Å²) in [5, 5.41) is 8.77. The van der Waals surface area contributed by atoms with Crippen LogP contribution in [0.2, 0.25) is 0 Å². The average molecular weight is 491 g/mol. The zero-order chi connectivity index (χ0) is 25.5. The molecule has 0 radical (unpaired) electrons. The number of benzene rings is 1. The summed E-state index contributed by atoms with van der Waals surface area (Å²) in [7, 11) is 0. The van der Waals surface area contributed by atoms with Gasteiger partial charge in [-0.2, -0.15) is 18.4 Å². The first kappa shape index (κ1) is 24.6. The van der Waals surface area contributed by atoms with Crippen LogP contribution in [0, 0.1) is 23.2 Å². The number of aromatic nitrogens is 2. The summed E-state index contributed by atoms with van der Waals surface area (Å²) in [6, 6.07) is 13.7. The third-order valence-corrected chi connectivity index (χ3v) is 5.49. The van der Waals surface area contributed by atoms with Gasteiger partial charge >= 0.3 is 6.18 Å². The number of anilines is 1. The van der Waals surface area contributed by atoms with Gasteiger partial charge in [0.15, 0.2) is 6.61 Å². The van der Waals surface area contributed by atoms with Crippen molar-refractivity contribution in [2.45, 2.75) is 6.18 Å². The number of carbonyl (C=O) groups excluding carboxylic acids is 1. The molecular formula is C26H20F3N5O2. The SMILES string of the molecule is N#Cc1ccc(OCC#Cc2ccc(N3CCN(C(=O)c4ccccc4C(F)(F)F)CC3)nc2)nc1. The lowest BCUT2D eigenvalue weighted by Gasteiger charge is -2.35. The first-order chi connectivity index (χ1) is 17.3. The molecule has 0 bridgehead atoms. The van der Waals surface area contributed by atoms with Gasteiger partial charge in [0.1, 0.15) is 11.9 Å². The molecule has 1 saturated heterocycles. The maximum Gasteiger partial charge on any atom is 0.417 e. The summed E-state index contributed by atoms with van der Waals surface area (Å²) >= 11 is 0. The molecule has 4 rings (SSSR count). The molecule has 0 aliphatic carbocycles. The molecule has 7 nitrogen and oxygen atoms in total. The average Bonchev–Trinajstić information content (AvgIpc) is 2.91. The normalized spacial score (nSPS) is 13.4. The third kappa shape index (κ3) is 5.91. The molecule has 0 atom stereocenters. The highest BCUT2D eigenvalue weighted by Crippen LogP contribution is 2.32. The van der Waals surface area contributed by atoms with Crippen molar-refractivity contribution in [3.05, 3.63) is 83.2 Å². The number of amides is 1. The molecule has 182 valence electrons. The molecule has 3 heterocycles. The predicted molar refractivity (Wildman–Crippen MR) is 125 cm³/mol. The number of nitriles is 1. The number of hydrogen-bond donors (Lipinski definition) is 0. The zero-order valence-corrected chi connectivity index (χ0v) is 19.0. The number of pyridine rings is 2. The number of piperazine rings is 1. The lowest BCUT2D eigenvalue weighted by atomic mass is 10.1. The van der Waals surface area contributed by atoms with E-state index in [1.54, 1.807) is 18.3 Å². The van der Waals surface area contributed by atoms with Gasteiger partial charge in [0.2, 0.25) is 5.88 Å². The maximum absolute atomic E-state index is 13.3. The minimum atomic E-state index is -4.59. The summed E-state index contributed by atoms with van der Waals surface area (Å²) in [5.74, 6) is 6.26. The Morgan fingerprint density at radius 3 is 2.33 bits per heavy atom. The number of alkyl halides is 3. The second-order valence-electron chi connectivity index (χ2n) is 7.82. The quantitative estimate of drug-likeness (QED) is 0.517. The third-order valence-electron chi connectivity index (χ3n) is 5.49. The topological polar surface area (TPSA) is 82.4 Å². The highest BCUT2D eigenvalue weighted by atomic mass is 19.4. The van der Waals surface area contributed by atoms with Crippen LogP contribution in [-0.4, -0.2) is 53.6 Å².